The zero-order chi connectivity index (χ0) is 22.2. The fourth-order valence-corrected chi connectivity index (χ4v) is 2.21. The first kappa shape index (κ1) is 26.8. The molecule has 0 aliphatic rings. The van der Waals surface area contributed by atoms with E-state index in [0.29, 0.717) is 45.2 Å². The van der Waals surface area contributed by atoms with E-state index in [1.54, 1.807) is 0 Å². The van der Waals surface area contributed by atoms with E-state index in [4.69, 9.17) is 22.9 Å². The van der Waals surface area contributed by atoms with Crippen molar-refractivity contribution in [3.63, 3.8) is 0 Å². The molecule has 0 radical (unpaired) electrons. The van der Waals surface area contributed by atoms with Crippen molar-refractivity contribution in [3.8, 4) is 0 Å². The first-order valence-corrected chi connectivity index (χ1v) is 9.67. The summed E-state index contributed by atoms with van der Waals surface area (Å²) < 4.78 is 9.01. The number of ether oxygens (including phenoxy) is 2. The summed E-state index contributed by atoms with van der Waals surface area (Å²) in [5.41, 5.74) is 21.8. The molecule has 166 valence electrons. The highest BCUT2D eigenvalue weighted by Crippen LogP contribution is 2.05. The minimum Gasteiger partial charge on any atom is -0.392 e. The largest absolute Gasteiger partial charge is 0.392 e. The van der Waals surface area contributed by atoms with Crippen LogP contribution in [0, 0.1) is 0 Å². The minimum absolute atomic E-state index is 0.0563. The van der Waals surface area contributed by atoms with Crippen molar-refractivity contribution in [3.05, 3.63) is 0 Å². The molecule has 0 aliphatic heterocycles. The molecule has 0 aromatic rings. The zero-order valence-electron chi connectivity index (χ0n) is 16.6. The Bertz CT molecular complexity index is 568. The van der Waals surface area contributed by atoms with Crippen LogP contribution < -0.4 is 22.9 Å². The van der Waals surface area contributed by atoms with Crippen molar-refractivity contribution in [2.75, 3.05) is 13.1 Å². The van der Waals surface area contributed by atoms with Crippen LogP contribution in [0.15, 0.2) is 0 Å². The predicted molar refractivity (Wildman–Crippen MR) is 103 cm³/mol. The van der Waals surface area contributed by atoms with Gasteiger partial charge in [-0.1, -0.05) is 12.8 Å². The molecule has 0 amide bonds. The standard InChI is InChI=1S/C18H32N4O7/c19-10-3-1-6-12(21)16(25)28-15(24)9-5-8-14(23)18(27)29-17(26)13(22)7-2-4-11-20/h12-13H,1-11,19-22H2/t12-,13-/m0/s1. The van der Waals surface area contributed by atoms with Gasteiger partial charge in [0.15, 0.2) is 0 Å². The number of ketones is 1. The van der Waals surface area contributed by atoms with Gasteiger partial charge in [-0.05, 0) is 45.2 Å². The van der Waals surface area contributed by atoms with E-state index in [2.05, 4.69) is 9.47 Å². The second-order valence-electron chi connectivity index (χ2n) is 6.56. The van der Waals surface area contributed by atoms with Crippen LogP contribution in [-0.4, -0.2) is 54.8 Å². The number of esters is 4. The first-order chi connectivity index (χ1) is 13.7. The molecule has 0 aliphatic carbocycles. The highest BCUT2D eigenvalue weighted by atomic mass is 16.6. The number of carbonyl (C=O) groups is 5. The predicted octanol–water partition coefficient (Wildman–Crippen LogP) is -1.22. The molecule has 11 nitrogen and oxygen atoms in total. The fourth-order valence-electron chi connectivity index (χ4n) is 2.21. The summed E-state index contributed by atoms with van der Waals surface area (Å²) in [5.74, 6) is -5.02. The van der Waals surface area contributed by atoms with Gasteiger partial charge in [0.1, 0.15) is 12.1 Å². The van der Waals surface area contributed by atoms with Gasteiger partial charge in [0.05, 0.1) is 0 Å². The minimum atomic E-state index is -1.34. The number of Topliss-reactive ketones (excluding diaryl/α,β-unsaturated/α-hetero) is 1. The molecule has 11 heteroatoms. The van der Waals surface area contributed by atoms with Gasteiger partial charge in [-0.3, -0.25) is 9.59 Å². The number of nitrogens with two attached hydrogens (primary N) is 4. The van der Waals surface area contributed by atoms with Crippen molar-refractivity contribution in [2.45, 2.75) is 69.9 Å². The van der Waals surface area contributed by atoms with Gasteiger partial charge in [-0.15, -0.1) is 0 Å². The van der Waals surface area contributed by atoms with E-state index in [-0.39, 0.29) is 25.7 Å². The lowest BCUT2D eigenvalue weighted by Gasteiger charge is -2.10. The number of rotatable bonds is 15. The van der Waals surface area contributed by atoms with E-state index < -0.39 is 41.7 Å². The summed E-state index contributed by atoms with van der Waals surface area (Å²) in [6, 6.07) is -1.95. The Morgan fingerprint density at radius 1 is 0.655 bits per heavy atom. The smallest absolute Gasteiger partial charge is 0.382 e. The topological polar surface area (TPSA) is 208 Å². The van der Waals surface area contributed by atoms with E-state index in [1.165, 1.54) is 0 Å². The van der Waals surface area contributed by atoms with Crippen LogP contribution in [0.3, 0.4) is 0 Å². The lowest BCUT2D eigenvalue weighted by Crippen LogP contribution is -2.35. The average molecular weight is 416 g/mol. The summed E-state index contributed by atoms with van der Waals surface area (Å²) in [7, 11) is 0. The zero-order valence-corrected chi connectivity index (χ0v) is 16.6. The molecule has 0 rings (SSSR count). The third kappa shape index (κ3) is 12.8. The summed E-state index contributed by atoms with van der Waals surface area (Å²) in [5, 5.41) is 0. The number of carbonyl (C=O) groups excluding carboxylic acids is 5. The van der Waals surface area contributed by atoms with Gasteiger partial charge in [-0.25, -0.2) is 14.4 Å². The molecule has 8 N–H and O–H groups in total. The number of hydrogen-bond acceptors (Lipinski definition) is 11. The van der Waals surface area contributed by atoms with E-state index in [1.807, 2.05) is 0 Å². The monoisotopic (exact) mass is 416 g/mol. The van der Waals surface area contributed by atoms with Crippen molar-refractivity contribution < 1.29 is 33.4 Å². The highest BCUT2D eigenvalue weighted by molar-refractivity contribution is 6.35. The molecule has 0 saturated heterocycles. The lowest BCUT2D eigenvalue weighted by atomic mass is 10.1. The van der Waals surface area contributed by atoms with Crippen molar-refractivity contribution in [1.29, 1.82) is 0 Å². The maximum atomic E-state index is 11.7. The van der Waals surface area contributed by atoms with Crippen LogP contribution in [0.4, 0.5) is 0 Å². The van der Waals surface area contributed by atoms with Crippen molar-refractivity contribution >= 4 is 29.7 Å². The first-order valence-electron chi connectivity index (χ1n) is 9.67. The second-order valence-corrected chi connectivity index (χ2v) is 6.56. The van der Waals surface area contributed by atoms with Gasteiger partial charge in [0.25, 0.3) is 0 Å². The van der Waals surface area contributed by atoms with Crippen LogP contribution in [0.25, 0.3) is 0 Å². The Labute approximate surface area is 169 Å². The molecular formula is C18H32N4O7. The van der Waals surface area contributed by atoms with Crippen LogP contribution in [-0.2, 0) is 33.4 Å². The SMILES string of the molecule is NCCCC[C@H](N)C(=O)OC(=O)CCCC(=O)C(=O)OC(=O)[C@@H](N)CCCCN. The normalized spacial score (nSPS) is 12.7. The third-order valence-corrected chi connectivity index (χ3v) is 3.96. The summed E-state index contributed by atoms with van der Waals surface area (Å²) >= 11 is 0. The molecule has 0 aromatic carbocycles. The maximum absolute atomic E-state index is 11.7. The van der Waals surface area contributed by atoms with Gasteiger partial charge >= 0.3 is 23.9 Å². The summed E-state index contributed by atoms with van der Waals surface area (Å²) in [4.78, 5) is 58.2. The molecule has 2 atom stereocenters. The average Bonchev–Trinajstić information content (AvgIpc) is 2.67. The Balaban J connectivity index is 4.11. The van der Waals surface area contributed by atoms with Gasteiger partial charge in [0.2, 0.25) is 5.78 Å². The number of hydrogen-bond donors (Lipinski definition) is 4. The Hall–Kier alpha value is -2.21. The molecule has 0 bridgehead atoms. The Morgan fingerprint density at radius 2 is 1.14 bits per heavy atom. The third-order valence-electron chi connectivity index (χ3n) is 3.96. The summed E-state index contributed by atoms with van der Waals surface area (Å²) in [6.07, 6.45) is 2.55. The maximum Gasteiger partial charge on any atom is 0.382 e. The summed E-state index contributed by atoms with van der Waals surface area (Å²) in [6.45, 7) is 0.927. The van der Waals surface area contributed by atoms with Gasteiger partial charge in [-0.2, -0.15) is 0 Å². The van der Waals surface area contributed by atoms with E-state index >= 15 is 0 Å². The van der Waals surface area contributed by atoms with Crippen molar-refractivity contribution in [2.24, 2.45) is 22.9 Å². The van der Waals surface area contributed by atoms with Crippen LogP contribution in [0.2, 0.25) is 0 Å². The molecule has 0 aromatic heterocycles. The quantitative estimate of drug-likeness (QED) is 0.108. The molecule has 0 heterocycles. The number of unbranched alkanes of at least 4 members (excludes halogenated alkanes) is 2. The van der Waals surface area contributed by atoms with Gasteiger partial charge in [0, 0.05) is 12.8 Å². The molecule has 0 unspecified atom stereocenters. The molecule has 0 spiro atoms. The molecular weight excluding hydrogens is 384 g/mol. The molecule has 29 heavy (non-hydrogen) atoms. The molecule has 0 saturated carbocycles. The molecule has 0 fully saturated rings. The van der Waals surface area contributed by atoms with E-state index in [9.17, 15) is 24.0 Å². The van der Waals surface area contributed by atoms with Crippen LogP contribution >= 0.6 is 0 Å². The van der Waals surface area contributed by atoms with Crippen LogP contribution in [0.5, 0.6) is 0 Å². The Morgan fingerprint density at radius 3 is 1.62 bits per heavy atom. The van der Waals surface area contributed by atoms with Gasteiger partial charge < -0.3 is 32.4 Å². The fraction of sp³-hybridized carbons (Fsp3) is 0.722. The second kappa shape index (κ2) is 15.7. The van der Waals surface area contributed by atoms with E-state index in [0.717, 1.165) is 0 Å². The van der Waals surface area contributed by atoms with Crippen molar-refractivity contribution in [1.82, 2.24) is 0 Å². The van der Waals surface area contributed by atoms with Crippen LogP contribution in [0.1, 0.15) is 57.8 Å². The highest BCUT2D eigenvalue weighted by Gasteiger charge is 2.24. The lowest BCUT2D eigenvalue weighted by molar-refractivity contribution is -0.166. The Kier molecular flexibility index (Phi) is 14.5.